The van der Waals surface area contributed by atoms with Gasteiger partial charge in [0.25, 0.3) is 20.7 Å². The number of nitrogens with one attached hydrogen (secondary N) is 3. The Bertz CT molecular complexity index is 4920. The van der Waals surface area contributed by atoms with Crippen molar-refractivity contribution in [3.05, 3.63) is 159 Å². The summed E-state index contributed by atoms with van der Waals surface area (Å²) in [6, 6.07) is 11.8. The smallest absolute Gasteiger partial charge is 0.467 e. The van der Waals surface area contributed by atoms with Crippen molar-refractivity contribution in [2.24, 2.45) is 12.1 Å². The molecule has 1 aliphatic heterocycles. The van der Waals surface area contributed by atoms with Gasteiger partial charge in [0.15, 0.2) is 38.8 Å². The van der Waals surface area contributed by atoms with Crippen LogP contribution in [0, 0.1) is 34.9 Å². The largest absolute Gasteiger partial charge is 1.00 e. The first kappa shape index (κ1) is 82.1. The van der Waals surface area contributed by atoms with Gasteiger partial charge in [0.1, 0.15) is 34.4 Å². The van der Waals surface area contributed by atoms with Gasteiger partial charge in [-0.3, -0.25) is 28.9 Å². The van der Waals surface area contributed by atoms with Crippen LogP contribution >= 0.6 is 45.8 Å². The van der Waals surface area contributed by atoms with E-state index < -0.39 is 132 Å². The number of H-pyrrole nitrogens is 1. The minimum absolute atomic E-state index is 0. The molecule has 3 N–H and O–H groups in total. The number of rotatable bonds is 17. The van der Waals surface area contributed by atoms with E-state index in [1.54, 1.807) is 43.7 Å². The van der Waals surface area contributed by atoms with Crippen LogP contribution in [0.4, 0.5) is 48.5 Å². The van der Waals surface area contributed by atoms with E-state index >= 15 is 0 Å². The molecule has 5 heterocycles. The van der Waals surface area contributed by atoms with Crippen LogP contribution in [-0.4, -0.2) is 151 Å². The number of ether oxygens (including phenoxy) is 5. The molecular weight excluding hydrogens is 1570 g/mol. The zero-order chi connectivity index (χ0) is 74.0. The SMILES string of the molecule is CCOC(=O)C1=NN(c2ccc(Cl)cc2Cl)C(C)(C(=O)OCC)C1.COC(=O)c1ccc(I)cc1S(=O)(=O)[N-]C(=O)Nc1nc(C)nc(OC)n1.COc1ncc(F)c2nc(S(=O)(=O)Nc3c(F)cccc3F)nn12.Cc1[nH]n(C)c(=O)c1C(=O)c1ccc(C(F)(F)F)cc1S(C)(=O)=O.[Na+]. The number of hydrazone groups is 1. The van der Waals surface area contributed by atoms with Crippen molar-refractivity contribution in [3.63, 3.8) is 0 Å². The molecule has 530 valence electrons. The maximum absolute atomic E-state index is 13.7. The molecule has 0 fully saturated rings. The standard InChI is InChI=1S/C16H18Cl2N2O4.C14H13F3N2O4S.C14H14IN5O6S.C12H8F3N5O3S.Na/c1-4-23-14(21)12-9-16(3,15(22)24-5-2)20(19-12)13-7-6-10(17)8-11(13)18;1-7-11(13(21)19(2)18-7)12(20)9-5-4-8(14(15,16)17)6-10(9)24(3,22)23;1-7-16-12(19-14(17-7)26-3)18-13(22)20-27(23,24)10-6-8(15)4-5-9(10)11(21)25-2;1-23-12-16-5-8(15)10-17-11(18-20(10)12)24(21,22)19-9-6(13)3-2-4-7(9)14;/h6-8H,4-5,9H2,1-3H3;4-6,18H,1-3H3;4-6H,1-3H3,(H2,16,17,18,19,20,22);2-5,19H,1H3;/q;;;;+1/p-1. The number of carbonyl (C=O) groups is 5. The van der Waals surface area contributed by atoms with Gasteiger partial charge in [-0.1, -0.05) is 29.3 Å². The predicted molar refractivity (Wildman–Crippen MR) is 347 cm³/mol. The Hall–Kier alpha value is -8.59. The molecule has 100 heavy (non-hydrogen) atoms. The number of aromatic nitrogens is 9. The molecule has 1 atom stereocenters. The third kappa shape index (κ3) is 19.7. The normalized spacial score (nSPS) is 13.5. The first-order valence-electron chi connectivity index (χ1n) is 27.4. The minimum Gasteiger partial charge on any atom is -0.467 e. The number of alkyl halides is 3. The molecule has 0 spiro atoms. The van der Waals surface area contributed by atoms with Gasteiger partial charge in [0, 0.05) is 39.6 Å². The average molecular weight is 1620 g/mol. The van der Waals surface area contributed by atoms with Gasteiger partial charge in [-0.15, -0.1) is 5.10 Å². The molecule has 2 amide bonds. The summed E-state index contributed by atoms with van der Waals surface area (Å²) in [5, 5.41) is 13.8. The van der Waals surface area contributed by atoms with E-state index in [0.29, 0.717) is 42.2 Å². The zero-order valence-corrected chi connectivity index (χ0v) is 61.7. The molecule has 8 aromatic rings. The number of urea groups is 1. The minimum atomic E-state index is -4.76. The Morgan fingerprint density at radius 1 is 0.810 bits per heavy atom. The number of para-hydroxylation sites is 1. The molecule has 0 aliphatic carbocycles. The van der Waals surface area contributed by atoms with Crippen LogP contribution in [0.5, 0.6) is 12.0 Å². The Balaban J connectivity index is 0.000000240. The van der Waals surface area contributed by atoms with Crippen molar-refractivity contribution >= 4 is 134 Å². The second-order valence-corrected chi connectivity index (χ2v) is 27.1. The van der Waals surface area contributed by atoms with Gasteiger partial charge in [-0.05, 0) is 124 Å². The number of anilines is 3. The van der Waals surface area contributed by atoms with Crippen LogP contribution in [0.1, 0.15) is 70.6 Å². The van der Waals surface area contributed by atoms with E-state index in [1.807, 2.05) is 22.6 Å². The third-order valence-corrected chi connectivity index (χ3v) is 17.6. The Kier molecular flexibility index (Phi) is 27.7. The van der Waals surface area contributed by atoms with Gasteiger partial charge >= 0.3 is 65.7 Å². The quantitative estimate of drug-likeness (QED) is 0.0258. The number of methoxy groups -OCH3 is 3. The van der Waals surface area contributed by atoms with E-state index in [1.165, 1.54) is 58.3 Å². The van der Waals surface area contributed by atoms with Crippen LogP contribution in [0.25, 0.3) is 10.4 Å². The van der Waals surface area contributed by atoms with E-state index in [-0.39, 0.29) is 95.5 Å². The van der Waals surface area contributed by atoms with Crippen molar-refractivity contribution in [2.75, 3.05) is 55.8 Å². The van der Waals surface area contributed by atoms with Crippen molar-refractivity contribution < 1.29 is 129 Å². The van der Waals surface area contributed by atoms with E-state index in [9.17, 15) is 80.4 Å². The number of esters is 3. The van der Waals surface area contributed by atoms with E-state index in [4.69, 9.17) is 42.1 Å². The van der Waals surface area contributed by atoms with E-state index in [0.717, 1.165) is 42.3 Å². The summed E-state index contributed by atoms with van der Waals surface area (Å²) < 4.78 is 184. The molecule has 1 aliphatic rings. The van der Waals surface area contributed by atoms with Crippen molar-refractivity contribution in [3.8, 4) is 12.0 Å². The number of ketones is 1. The predicted octanol–water partition coefficient (Wildman–Crippen LogP) is 5.35. The second-order valence-electron chi connectivity index (χ2n) is 19.9. The molecule has 0 bridgehead atoms. The van der Waals surface area contributed by atoms with Crippen LogP contribution in [-0.2, 0) is 66.9 Å². The summed E-state index contributed by atoms with van der Waals surface area (Å²) in [5.74, 6) is -6.12. The number of aryl methyl sites for hydroxylation is 3. The number of aromatic amines is 1. The maximum atomic E-state index is 13.7. The molecule has 31 nitrogen and oxygen atoms in total. The van der Waals surface area contributed by atoms with Gasteiger partial charge in [-0.25, -0.2) is 59.4 Å². The summed E-state index contributed by atoms with van der Waals surface area (Å²) in [6.45, 7) is 8.45. The number of hydrogen-bond acceptors (Lipinski definition) is 25. The molecule has 1 unspecified atom stereocenters. The van der Waals surface area contributed by atoms with Crippen LogP contribution < -0.4 is 59.6 Å². The number of amides is 2. The number of fused-ring (bicyclic) bond motifs is 1. The molecular formula is C56H52Cl2F6IN14NaO17S3. The molecule has 0 saturated heterocycles. The fourth-order valence-corrected chi connectivity index (χ4v) is 12.5. The Labute approximate surface area is 609 Å². The fraction of sp³-hybridized carbons (Fsp3) is 0.268. The summed E-state index contributed by atoms with van der Waals surface area (Å²) >= 11 is 14.0. The van der Waals surface area contributed by atoms with Gasteiger partial charge in [0.05, 0.1) is 72.4 Å². The average Bonchev–Trinajstić information content (AvgIpc) is 1.56. The van der Waals surface area contributed by atoms with E-state index in [2.05, 4.69) is 55.0 Å². The summed E-state index contributed by atoms with van der Waals surface area (Å²) in [6.07, 6.45) is -3.24. The number of carbonyl (C=O) groups excluding carboxylic acids is 5. The molecule has 0 radical (unpaired) electrons. The second kappa shape index (κ2) is 33.7. The fourth-order valence-electron chi connectivity index (χ4n) is 8.40. The topological polar surface area (TPSA) is 407 Å². The van der Waals surface area contributed by atoms with Crippen molar-refractivity contribution in [2.45, 2.75) is 67.7 Å². The summed E-state index contributed by atoms with van der Waals surface area (Å²) in [4.78, 5) is 90.2. The molecule has 4 aromatic carbocycles. The van der Waals surface area contributed by atoms with Crippen LogP contribution in [0.2, 0.25) is 10.0 Å². The zero-order valence-electron chi connectivity index (χ0n) is 53.6. The first-order valence-corrected chi connectivity index (χ1v) is 34.1. The number of sulfone groups is 1. The number of benzene rings is 4. The van der Waals surface area contributed by atoms with Gasteiger partial charge in [0.2, 0.25) is 15.8 Å². The third-order valence-electron chi connectivity index (χ3n) is 12.8. The van der Waals surface area contributed by atoms with Gasteiger partial charge < -0.3 is 33.7 Å². The summed E-state index contributed by atoms with van der Waals surface area (Å²) in [7, 11) is -8.23. The maximum Gasteiger partial charge on any atom is 1.00 e. The van der Waals surface area contributed by atoms with Crippen molar-refractivity contribution in [1.82, 2.24) is 44.3 Å². The Morgan fingerprint density at radius 2 is 1.45 bits per heavy atom. The van der Waals surface area contributed by atoms with Crippen LogP contribution in [0.15, 0.2) is 104 Å². The number of halogens is 9. The molecule has 4 aromatic heterocycles. The number of nitrogens with zero attached hydrogens (tertiary/aromatic N) is 11. The molecule has 44 heteroatoms. The van der Waals surface area contributed by atoms with Crippen LogP contribution in [0.3, 0.4) is 0 Å². The van der Waals surface area contributed by atoms with Crippen molar-refractivity contribution in [1.29, 1.82) is 0 Å². The Morgan fingerprint density at radius 3 is 2.01 bits per heavy atom. The number of hydrogen-bond donors (Lipinski definition) is 3. The molecule has 9 rings (SSSR count). The molecule has 0 saturated carbocycles. The number of sulfonamides is 2. The monoisotopic (exact) mass is 1620 g/mol. The summed E-state index contributed by atoms with van der Waals surface area (Å²) in [5.41, 5.74) is -4.73. The first-order chi connectivity index (χ1) is 46.2. The van der Waals surface area contributed by atoms with Gasteiger partial charge in [-0.2, -0.15) is 46.2 Å².